The highest BCUT2D eigenvalue weighted by atomic mass is 35.5. The van der Waals surface area contributed by atoms with Crippen LogP contribution in [-0.4, -0.2) is 7.11 Å². The Balaban J connectivity index is 1.72. The summed E-state index contributed by atoms with van der Waals surface area (Å²) in [4.78, 5) is 0. The molecular formula is C18H16ClNO2. The molecule has 112 valence electrons. The molecule has 1 aromatic heterocycles. The minimum atomic E-state index is 0.570. The lowest BCUT2D eigenvalue weighted by Crippen LogP contribution is -1.97. The highest BCUT2D eigenvalue weighted by Gasteiger charge is 2.08. The Labute approximate surface area is 134 Å². The van der Waals surface area contributed by atoms with Gasteiger partial charge >= 0.3 is 0 Å². The van der Waals surface area contributed by atoms with Gasteiger partial charge in [0.25, 0.3) is 0 Å². The lowest BCUT2D eigenvalue weighted by atomic mass is 10.2. The van der Waals surface area contributed by atoms with Gasteiger partial charge in [0.1, 0.15) is 17.3 Å². The largest absolute Gasteiger partial charge is 0.495 e. The fourth-order valence-corrected chi connectivity index (χ4v) is 2.45. The van der Waals surface area contributed by atoms with Gasteiger partial charge in [0.2, 0.25) is 0 Å². The fraction of sp³-hybridized carbons (Fsp3) is 0.111. The number of ether oxygens (including phenoxy) is 1. The molecule has 3 aromatic rings. The minimum absolute atomic E-state index is 0.570. The van der Waals surface area contributed by atoms with Crippen LogP contribution < -0.4 is 10.1 Å². The Morgan fingerprint density at radius 1 is 1.05 bits per heavy atom. The van der Waals surface area contributed by atoms with Crippen molar-refractivity contribution < 1.29 is 9.15 Å². The third-order valence-corrected chi connectivity index (χ3v) is 3.63. The van der Waals surface area contributed by atoms with Crippen LogP contribution in [0.3, 0.4) is 0 Å². The van der Waals surface area contributed by atoms with Crippen molar-refractivity contribution in [3.05, 3.63) is 71.4 Å². The van der Waals surface area contributed by atoms with Crippen LogP contribution in [0.15, 0.2) is 65.1 Å². The van der Waals surface area contributed by atoms with Crippen molar-refractivity contribution in [3.63, 3.8) is 0 Å². The van der Waals surface area contributed by atoms with Crippen molar-refractivity contribution in [2.75, 3.05) is 12.4 Å². The summed E-state index contributed by atoms with van der Waals surface area (Å²) >= 11 is 6.15. The average molecular weight is 314 g/mol. The number of para-hydroxylation sites is 1. The van der Waals surface area contributed by atoms with Crippen LogP contribution in [0, 0.1) is 0 Å². The molecule has 1 heterocycles. The van der Waals surface area contributed by atoms with E-state index < -0.39 is 0 Å². The molecule has 0 spiro atoms. The Kier molecular flexibility index (Phi) is 4.35. The van der Waals surface area contributed by atoms with E-state index in [2.05, 4.69) is 5.32 Å². The minimum Gasteiger partial charge on any atom is -0.495 e. The van der Waals surface area contributed by atoms with E-state index in [1.165, 1.54) is 0 Å². The second-order valence-electron chi connectivity index (χ2n) is 4.83. The maximum absolute atomic E-state index is 6.15. The van der Waals surface area contributed by atoms with Gasteiger partial charge in [-0.1, -0.05) is 29.8 Å². The Morgan fingerprint density at radius 3 is 2.59 bits per heavy atom. The van der Waals surface area contributed by atoms with E-state index in [1.54, 1.807) is 7.11 Å². The Hall–Kier alpha value is -2.39. The maximum atomic E-state index is 6.15. The van der Waals surface area contributed by atoms with Crippen LogP contribution in [0.2, 0.25) is 5.02 Å². The summed E-state index contributed by atoms with van der Waals surface area (Å²) in [6.45, 7) is 0.633. The predicted octanol–water partition coefficient (Wildman–Crippen LogP) is 5.22. The molecule has 0 unspecified atom stereocenters. The number of nitrogens with one attached hydrogen (secondary N) is 1. The van der Waals surface area contributed by atoms with Crippen molar-refractivity contribution in [1.29, 1.82) is 0 Å². The second-order valence-corrected chi connectivity index (χ2v) is 5.24. The smallest absolute Gasteiger partial charge is 0.137 e. The van der Waals surface area contributed by atoms with Crippen LogP contribution in [-0.2, 0) is 6.54 Å². The monoisotopic (exact) mass is 313 g/mol. The molecule has 0 fully saturated rings. The lowest BCUT2D eigenvalue weighted by molar-refractivity contribution is 0.415. The zero-order valence-corrected chi connectivity index (χ0v) is 12.9. The molecule has 3 nitrogen and oxygen atoms in total. The number of furan rings is 1. The number of hydrogen-bond acceptors (Lipinski definition) is 3. The first-order chi connectivity index (χ1) is 10.8. The standard InChI is InChI=1S/C18H16ClNO2/c1-21-18-9-7-13(11-16(18)19)17-10-8-15(22-17)12-20-14-5-3-2-4-6-14/h2-11,20H,12H2,1H3. The van der Waals surface area contributed by atoms with Crippen molar-refractivity contribution in [1.82, 2.24) is 0 Å². The van der Waals surface area contributed by atoms with E-state index in [0.29, 0.717) is 17.3 Å². The van der Waals surface area contributed by atoms with Gasteiger partial charge in [-0.3, -0.25) is 0 Å². The van der Waals surface area contributed by atoms with E-state index >= 15 is 0 Å². The molecular weight excluding hydrogens is 298 g/mol. The van der Waals surface area contributed by atoms with Gasteiger partial charge in [0, 0.05) is 11.3 Å². The third kappa shape index (κ3) is 3.26. The first kappa shape index (κ1) is 14.5. The number of methoxy groups -OCH3 is 1. The van der Waals surface area contributed by atoms with Gasteiger partial charge in [0.15, 0.2) is 0 Å². The number of hydrogen-bond donors (Lipinski definition) is 1. The maximum Gasteiger partial charge on any atom is 0.137 e. The molecule has 1 N–H and O–H groups in total. The highest BCUT2D eigenvalue weighted by Crippen LogP contribution is 2.31. The van der Waals surface area contributed by atoms with Crippen LogP contribution in [0.25, 0.3) is 11.3 Å². The van der Waals surface area contributed by atoms with Gasteiger partial charge in [-0.05, 0) is 42.5 Å². The van der Waals surface area contributed by atoms with Crippen LogP contribution in [0.1, 0.15) is 5.76 Å². The van der Waals surface area contributed by atoms with E-state index in [-0.39, 0.29) is 0 Å². The molecule has 0 radical (unpaired) electrons. The van der Waals surface area contributed by atoms with Crippen molar-refractivity contribution in [3.8, 4) is 17.1 Å². The zero-order chi connectivity index (χ0) is 15.4. The van der Waals surface area contributed by atoms with E-state index in [1.807, 2.05) is 60.7 Å². The summed E-state index contributed by atoms with van der Waals surface area (Å²) < 4.78 is 11.0. The summed E-state index contributed by atoms with van der Waals surface area (Å²) in [7, 11) is 1.60. The molecule has 2 aromatic carbocycles. The van der Waals surface area contributed by atoms with Gasteiger partial charge in [-0.15, -0.1) is 0 Å². The van der Waals surface area contributed by atoms with Crippen molar-refractivity contribution in [2.24, 2.45) is 0 Å². The van der Waals surface area contributed by atoms with Gasteiger partial charge < -0.3 is 14.5 Å². The van der Waals surface area contributed by atoms with Crippen LogP contribution in [0.4, 0.5) is 5.69 Å². The average Bonchev–Trinajstić information content (AvgIpc) is 3.03. The van der Waals surface area contributed by atoms with Crippen LogP contribution >= 0.6 is 11.6 Å². The first-order valence-electron chi connectivity index (χ1n) is 6.98. The Bertz CT molecular complexity index is 753. The molecule has 0 aliphatic rings. The SMILES string of the molecule is COc1ccc(-c2ccc(CNc3ccccc3)o2)cc1Cl. The zero-order valence-electron chi connectivity index (χ0n) is 12.2. The topological polar surface area (TPSA) is 34.4 Å². The molecule has 3 rings (SSSR count). The molecule has 22 heavy (non-hydrogen) atoms. The van der Waals surface area contributed by atoms with Gasteiger partial charge in [-0.2, -0.15) is 0 Å². The molecule has 0 aliphatic heterocycles. The van der Waals surface area contributed by atoms with E-state index in [4.69, 9.17) is 20.8 Å². The number of benzene rings is 2. The number of rotatable bonds is 5. The molecule has 0 bridgehead atoms. The lowest BCUT2D eigenvalue weighted by Gasteiger charge is -2.05. The summed E-state index contributed by atoms with van der Waals surface area (Å²) in [5.74, 6) is 2.31. The summed E-state index contributed by atoms with van der Waals surface area (Å²) in [6.07, 6.45) is 0. The number of anilines is 1. The Morgan fingerprint density at radius 2 is 1.86 bits per heavy atom. The third-order valence-electron chi connectivity index (χ3n) is 3.34. The molecule has 0 saturated heterocycles. The second kappa shape index (κ2) is 6.58. The van der Waals surface area contributed by atoms with E-state index in [9.17, 15) is 0 Å². The van der Waals surface area contributed by atoms with Crippen molar-refractivity contribution >= 4 is 17.3 Å². The summed E-state index contributed by atoms with van der Waals surface area (Å²) in [5, 5.41) is 3.89. The quantitative estimate of drug-likeness (QED) is 0.701. The van der Waals surface area contributed by atoms with Gasteiger partial charge in [0.05, 0.1) is 18.7 Å². The van der Waals surface area contributed by atoms with Gasteiger partial charge in [-0.25, -0.2) is 0 Å². The normalized spacial score (nSPS) is 10.5. The molecule has 0 aliphatic carbocycles. The van der Waals surface area contributed by atoms with Crippen LogP contribution in [0.5, 0.6) is 5.75 Å². The molecule has 0 atom stereocenters. The first-order valence-corrected chi connectivity index (χ1v) is 7.35. The van der Waals surface area contributed by atoms with E-state index in [0.717, 1.165) is 22.8 Å². The summed E-state index contributed by atoms with van der Waals surface area (Å²) in [6, 6.07) is 19.5. The molecule has 4 heteroatoms. The predicted molar refractivity (Wildman–Crippen MR) is 89.5 cm³/mol. The van der Waals surface area contributed by atoms with Crippen molar-refractivity contribution in [2.45, 2.75) is 6.54 Å². The molecule has 0 amide bonds. The summed E-state index contributed by atoms with van der Waals surface area (Å²) in [5.41, 5.74) is 1.99. The highest BCUT2D eigenvalue weighted by molar-refractivity contribution is 6.32. The molecule has 0 saturated carbocycles. The fourth-order valence-electron chi connectivity index (χ4n) is 2.19. The number of halogens is 1.